The lowest BCUT2D eigenvalue weighted by atomic mass is 9.80. The van der Waals surface area contributed by atoms with E-state index in [0.717, 1.165) is 10.0 Å². The molecule has 2 unspecified atom stereocenters. The molecule has 0 bridgehead atoms. The average Bonchev–Trinajstić information content (AvgIpc) is 2.83. The van der Waals surface area contributed by atoms with Gasteiger partial charge in [-0.15, -0.1) is 0 Å². The van der Waals surface area contributed by atoms with Gasteiger partial charge < -0.3 is 10.1 Å². The zero-order valence-electron chi connectivity index (χ0n) is 12.3. The number of rotatable bonds is 1. The Labute approximate surface area is 145 Å². The zero-order valence-corrected chi connectivity index (χ0v) is 13.9. The lowest BCUT2D eigenvalue weighted by Gasteiger charge is -2.37. The monoisotopic (exact) mass is 390 g/mol. The molecule has 2 aliphatic heterocycles. The number of urea groups is 1. The van der Waals surface area contributed by atoms with Crippen molar-refractivity contribution in [2.24, 2.45) is 0 Å². The standard InChI is InChI=1S/C17H12BrFN2O3/c18-10-3-6-13-12(7-10)17(15(22)20-16(23)21-17)8-14(24-13)9-1-4-11(19)5-2-9/h1-7,14H,8H2,(H2,20,21,22,23). The maximum atomic E-state index is 13.2. The Balaban J connectivity index is 1.84. The van der Waals surface area contributed by atoms with Crippen molar-refractivity contribution in [1.29, 1.82) is 0 Å². The second-order valence-electron chi connectivity index (χ2n) is 5.82. The molecule has 7 heteroatoms. The molecule has 2 aromatic rings. The van der Waals surface area contributed by atoms with E-state index in [1.807, 2.05) is 0 Å². The van der Waals surface area contributed by atoms with Crippen molar-refractivity contribution in [3.63, 3.8) is 0 Å². The third kappa shape index (κ3) is 2.27. The Morgan fingerprint density at radius 1 is 1.17 bits per heavy atom. The third-order valence-electron chi connectivity index (χ3n) is 4.35. The van der Waals surface area contributed by atoms with Crippen molar-refractivity contribution in [3.05, 3.63) is 63.9 Å². The van der Waals surface area contributed by atoms with E-state index < -0.39 is 23.6 Å². The molecule has 122 valence electrons. The number of hydrogen-bond acceptors (Lipinski definition) is 3. The molecule has 0 saturated carbocycles. The summed E-state index contributed by atoms with van der Waals surface area (Å²) >= 11 is 3.38. The van der Waals surface area contributed by atoms with E-state index in [9.17, 15) is 14.0 Å². The summed E-state index contributed by atoms with van der Waals surface area (Å²) in [7, 11) is 0. The summed E-state index contributed by atoms with van der Waals surface area (Å²) in [6, 6.07) is 10.7. The van der Waals surface area contributed by atoms with Crippen LogP contribution in [0.2, 0.25) is 0 Å². The number of amides is 3. The number of hydrogen-bond donors (Lipinski definition) is 2. The predicted molar refractivity (Wildman–Crippen MR) is 86.9 cm³/mol. The van der Waals surface area contributed by atoms with Gasteiger partial charge in [-0.3, -0.25) is 10.1 Å². The van der Waals surface area contributed by atoms with Gasteiger partial charge >= 0.3 is 6.03 Å². The molecule has 3 amide bonds. The van der Waals surface area contributed by atoms with Crippen molar-refractivity contribution < 1.29 is 18.7 Å². The van der Waals surface area contributed by atoms with Crippen molar-refractivity contribution >= 4 is 27.9 Å². The predicted octanol–water partition coefficient (Wildman–Crippen LogP) is 3.15. The molecule has 0 aliphatic carbocycles. The van der Waals surface area contributed by atoms with E-state index in [4.69, 9.17) is 4.74 Å². The first-order valence-corrected chi connectivity index (χ1v) is 8.13. The Morgan fingerprint density at radius 2 is 1.92 bits per heavy atom. The molecule has 2 heterocycles. The fraction of sp³-hybridized carbons (Fsp3) is 0.176. The van der Waals surface area contributed by atoms with Gasteiger partial charge in [0.05, 0.1) is 0 Å². The van der Waals surface area contributed by atoms with E-state index in [2.05, 4.69) is 26.6 Å². The fourth-order valence-corrected chi connectivity index (χ4v) is 3.57. The lowest BCUT2D eigenvalue weighted by molar-refractivity contribution is -0.126. The second kappa shape index (κ2) is 5.31. The molecule has 4 rings (SSSR count). The minimum atomic E-state index is -1.20. The summed E-state index contributed by atoms with van der Waals surface area (Å²) in [5, 5.41) is 5.04. The van der Waals surface area contributed by atoms with Crippen LogP contribution in [0.3, 0.4) is 0 Å². The highest BCUT2D eigenvalue weighted by Crippen LogP contribution is 2.46. The van der Waals surface area contributed by atoms with Crippen LogP contribution in [0.4, 0.5) is 9.18 Å². The van der Waals surface area contributed by atoms with E-state index in [-0.39, 0.29) is 12.2 Å². The molecular formula is C17H12BrFN2O3. The highest BCUT2D eigenvalue weighted by atomic mass is 79.9. The summed E-state index contributed by atoms with van der Waals surface area (Å²) in [4.78, 5) is 24.3. The van der Waals surface area contributed by atoms with Crippen molar-refractivity contribution in [2.75, 3.05) is 0 Å². The van der Waals surface area contributed by atoms with Crippen LogP contribution < -0.4 is 15.4 Å². The van der Waals surface area contributed by atoms with E-state index in [0.29, 0.717) is 11.3 Å². The van der Waals surface area contributed by atoms with Crippen LogP contribution in [-0.2, 0) is 10.3 Å². The average molecular weight is 391 g/mol. The van der Waals surface area contributed by atoms with Crippen LogP contribution in [0.1, 0.15) is 23.7 Å². The van der Waals surface area contributed by atoms with Gasteiger partial charge in [0.1, 0.15) is 17.7 Å². The molecule has 2 aliphatic rings. The molecule has 1 spiro atoms. The SMILES string of the molecule is O=C1NC(=O)C2(CC(c3ccc(F)cc3)Oc3ccc(Br)cc32)N1. The minimum absolute atomic E-state index is 0.222. The van der Waals surface area contributed by atoms with Crippen LogP contribution >= 0.6 is 15.9 Å². The van der Waals surface area contributed by atoms with Gasteiger partial charge in [-0.1, -0.05) is 28.1 Å². The quantitative estimate of drug-likeness (QED) is 0.735. The van der Waals surface area contributed by atoms with Crippen LogP contribution in [0.15, 0.2) is 46.9 Å². The van der Waals surface area contributed by atoms with Crippen molar-refractivity contribution in [2.45, 2.75) is 18.1 Å². The van der Waals surface area contributed by atoms with Gasteiger partial charge in [-0.2, -0.15) is 0 Å². The largest absolute Gasteiger partial charge is 0.485 e. The number of nitrogens with one attached hydrogen (secondary N) is 2. The molecular weight excluding hydrogens is 379 g/mol. The third-order valence-corrected chi connectivity index (χ3v) is 4.84. The lowest BCUT2D eigenvalue weighted by Crippen LogP contribution is -2.48. The molecule has 0 radical (unpaired) electrons. The number of benzene rings is 2. The topological polar surface area (TPSA) is 67.4 Å². The van der Waals surface area contributed by atoms with E-state index in [1.165, 1.54) is 12.1 Å². The molecule has 2 atom stereocenters. The molecule has 1 fully saturated rings. The highest BCUT2D eigenvalue weighted by molar-refractivity contribution is 9.10. The van der Waals surface area contributed by atoms with Gasteiger partial charge in [-0.05, 0) is 35.9 Å². The molecule has 0 aromatic heterocycles. The van der Waals surface area contributed by atoms with Crippen molar-refractivity contribution in [1.82, 2.24) is 10.6 Å². The van der Waals surface area contributed by atoms with Gasteiger partial charge in [0.15, 0.2) is 5.54 Å². The Morgan fingerprint density at radius 3 is 2.58 bits per heavy atom. The van der Waals surface area contributed by atoms with Gasteiger partial charge in [0.2, 0.25) is 0 Å². The van der Waals surface area contributed by atoms with Gasteiger partial charge in [0.25, 0.3) is 5.91 Å². The normalized spacial score (nSPS) is 25.0. The summed E-state index contributed by atoms with van der Waals surface area (Å²) in [5.74, 6) is -0.251. The first-order valence-electron chi connectivity index (χ1n) is 7.34. The maximum absolute atomic E-state index is 13.2. The summed E-state index contributed by atoms with van der Waals surface area (Å²) < 4.78 is 20.0. The Hall–Kier alpha value is -2.41. The number of ether oxygens (including phenoxy) is 1. The summed E-state index contributed by atoms with van der Waals surface area (Å²) in [6.45, 7) is 0. The molecule has 2 aromatic carbocycles. The van der Waals surface area contributed by atoms with Gasteiger partial charge in [-0.25, -0.2) is 9.18 Å². The maximum Gasteiger partial charge on any atom is 0.322 e. The minimum Gasteiger partial charge on any atom is -0.485 e. The highest BCUT2D eigenvalue weighted by Gasteiger charge is 2.53. The number of imide groups is 1. The first-order chi connectivity index (χ1) is 11.5. The van der Waals surface area contributed by atoms with Crippen LogP contribution in [-0.4, -0.2) is 11.9 Å². The summed E-state index contributed by atoms with van der Waals surface area (Å²) in [5.41, 5.74) is 0.130. The molecule has 24 heavy (non-hydrogen) atoms. The molecule has 5 nitrogen and oxygen atoms in total. The number of halogens is 2. The van der Waals surface area contributed by atoms with Crippen LogP contribution in [0.25, 0.3) is 0 Å². The van der Waals surface area contributed by atoms with E-state index >= 15 is 0 Å². The number of fused-ring (bicyclic) bond motifs is 2. The van der Waals surface area contributed by atoms with E-state index in [1.54, 1.807) is 30.3 Å². The smallest absolute Gasteiger partial charge is 0.322 e. The van der Waals surface area contributed by atoms with Crippen LogP contribution in [0, 0.1) is 5.82 Å². The number of carbonyl (C=O) groups is 2. The fourth-order valence-electron chi connectivity index (χ4n) is 3.21. The molecule has 2 N–H and O–H groups in total. The first kappa shape index (κ1) is 15.1. The van der Waals surface area contributed by atoms with Gasteiger partial charge in [0, 0.05) is 16.5 Å². The Kier molecular flexibility index (Phi) is 3.35. The second-order valence-corrected chi connectivity index (χ2v) is 6.73. The zero-order chi connectivity index (χ0) is 16.9. The molecule has 1 saturated heterocycles. The van der Waals surface area contributed by atoms with Crippen LogP contribution in [0.5, 0.6) is 5.75 Å². The Bertz CT molecular complexity index is 855. The summed E-state index contributed by atoms with van der Waals surface area (Å²) in [6.07, 6.45) is -0.261. The number of carbonyl (C=O) groups excluding carboxylic acids is 2. The van der Waals surface area contributed by atoms with Crippen molar-refractivity contribution in [3.8, 4) is 5.75 Å².